The molecule has 1 saturated heterocycles. The molecule has 0 aromatic heterocycles. The second kappa shape index (κ2) is 9.40. The minimum Gasteiger partial charge on any atom is -0.489 e. The highest BCUT2D eigenvalue weighted by Gasteiger charge is 2.33. The van der Waals surface area contributed by atoms with Crippen LogP contribution in [0.1, 0.15) is 11.1 Å². The van der Waals surface area contributed by atoms with Gasteiger partial charge in [-0.1, -0.05) is 65.4 Å². The molecule has 8 heteroatoms. The van der Waals surface area contributed by atoms with Gasteiger partial charge in [-0.25, -0.2) is 4.39 Å². The molecule has 0 saturated carbocycles. The Morgan fingerprint density at radius 2 is 1.74 bits per heavy atom. The number of rotatable bonds is 5. The first-order chi connectivity index (χ1) is 14.9. The maximum atomic E-state index is 13.2. The Hall–Kier alpha value is -2.38. The molecule has 0 aliphatic carbocycles. The number of amides is 1. The molecule has 3 aromatic rings. The summed E-state index contributed by atoms with van der Waals surface area (Å²) in [5, 5.41) is 1.12. The molecule has 0 N–H and O–H groups in total. The van der Waals surface area contributed by atoms with Crippen LogP contribution in [0.4, 0.5) is 10.1 Å². The Bertz CT molecular complexity index is 1180. The zero-order valence-corrected chi connectivity index (χ0v) is 19.0. The molecule has 0 unspecified atom stereocenters. The minimum absolute atomic E-state index is 0.237. The highest BCUT2D eigenvalue weighted by molar-refractivity contribution is 8.27. The third-order valence-corrected chi connectivity index (χ3v) is 6.35. The molecular formula is C23H14Cl2FNO2S2. The predicted molar refractivity (Wildman–Crippen MR) is 129 cm³/mol. The fourth-order valence-electron chi connectivity index (χ4n) is 2.89. The van der Waals surface area contributed by atoms with Gasteiger partial charge in [-0.2, -0.15) is 0 Å². The molecule has 1 aliphatic rings. The number of ether oxygens (including phenoxy) is 1. The van der Waals surface area contributed by atoms with E-state index in [-0.39, 0.29) is 11.7 Å². The van der Waals surface area contributed by atoms with Gasteiger partial charge in [-0.05, 0) is 60.2 Å². The summed E-state index contributed by atoms with van der Waals surface area (Å²) in [4.78, 5) is 14.7. The number of hydrogen-bond donors (Lipinski definition) is 0. The predicted octanol–water partition coefficient (Wildman–Crippen LogP) is 7.12. The van der Waals surface area contributed by atoms with Crippen molar-refractivity contribution in [1.82, 2.24) is 0 Å². The fourth-order valence-corrected chi connectivity index (χ4v) is 4.65. The normalized spacial score (nSPS) is 15.1. The molecular weight excluding hydrogens is 476 g/mol. The summed E-state index contributed by atoms with van der Waals surface area (Å²) in [6.45, 7) is 0.311. The van der Waals surface area contributed by atoms with Gasteiger partial charge in [0.1, 0.15) is 18.2 Å². The summed E-state index contributed by atoms with van der Waals surface area (Å²) < 4.78 is 19.4. The van der Waals surface area contributed by atoms with E-state index >= 15 is 0 Å². The smallest absolute Gasteiger partial charge is 0.270 e. The first kappa shape index (κ1) is 21.8. The monoisotopic (exact) mass is 489 g/mol. The van der Waals surface area contributed by atoms with Crippen molar-refractivity contribution in [1.29, 1.82) is 0 Å². The SMILES string of the molecule is O=C1/C(=C\c2ccc(OCc3ccc(Cl)cc3Cl)cc2)SC(=S)N1c1ccc(F)cc1. The van der Waals surface area contributed by atoms with Gasteiger partial charge in [0.2, 0.25) is 0 Å². The van der Waals surface area contributed by atoms with Crippen LogP contribution in [0.15, 0.2) is 71.6 Å². The van der Waals surface area contributed by atoms with Crippen molar-refractivity contribution in [3.8, 4) is 5.75 Å². The molecule has 0 atom stereocenters. The number of thiocarbonyl (C=S) groups is 1. The van der Waals surface area contributed by atoms with Crippen LogP contribution in [0.25, 0.3) is 6.08 Å². The Morgan fingerprint density at radius 3 is 2.42 bits per heavy atom. The van der Waals surface area contributed by atoms with E-state index in [9.17, 15) is 9.18 Å². The number of nitrogens with zero attached hydrogens (tertiary/aromatic N) is 1. The number of carbonyl (C=O) groups excluding carboxylic acids is 1. The van der Waals surface area contributed by atoms with Gasteiger partial charge in [0.15, 0.2) is 4.32 Å². The lowest BCUT2D eigenvalue weighted by Crippen LogP contribution is -2.27. The number of carbonyl (C=O) groups is 1. The first-order valence-corrected chi connectivity index (χ1v) is 11.1. The van der Waals surface area contributed by atoms with Crippen LogP contribution in [0.2, 0.25) is 10.0 Å². The summed E-state index contributed by atoms with van der Waals surface area (Å²) in [5.74, 6) is 0.0618. The number of benzene rings is 3. The van der Waals surface area contributed by atoms with Gasteiger partial charge in [-0.15, -0.1) is 0 Å². The van der Waals surface area contributed by atoms with Crippen LogP contribution in [0, 0.1) is 5.82 Å². The highest BCUT2D eigenvalue weighted by atomic mass is 35.5. The van der Waals surface area contributed by atoms with E-state index < -0.39 is 0 Å². The molecule has 1 aliphatic heterocycles. The van der Waals surface area contributed by atoms with Crippen molar-refractivity contribution in [3.63, 3.8) is 0 Å². The van der Waals surface area contributed by atoms with Crippen LogP contribution in [-0.4, -0.2) is 10.2 Å². The zero-order chi connectivity index (χ0) is 22.0. The summed E-state index contributed by atoms with van der Waals surface area (Å²) in [5.41, 5.74) is 2.20. The zero-order valence-electron chi connectivity index (χ0n) is 15.8. The molecule has 0 bridgehead atoms. The topological polar surface area (TPSA) is 29.5 Å². The molecule has 1 amide bonds. The van der Waals surface area contributed by atoms with Crippen molar-refractivity contribution in [2.45, 2.75) is 6.61 Å². The molecule has 4 rings (SSSR count). The maximum Gasteiger partial charge on any atom is 0.270 e. The largest absolute Gasteiger partial charge is 0.489 e. The van der Waals surface area contributed by atoms with Gasteiger partial charge >= 0.3 is 0 Å². The summed E-state index contributed by atoms with van der Waals surface area (Å²) in [6, 6.07) is 18.2. The Morgan fingerprint density at radius 1 is 1.03 bits per heavy atom. The Kier molecular flexibility index (Phi) is 6.62. The van der Waals surface area contributed by atoms with Gasteiger partial charge in [-0.3, -0.25) is 9.69 Å². The van der Waals surface area contributed by atoms with Crippen LogP contribution in [0.3, 0.4) is 0 Å². The number of anilines is 1. The van der Waals surface area contributed by atoms with Gasteiger partial charge in [0, 0.05) is 15.6 Å². The van der Waals surface area contributed by atoms with Crippen molar-refractivity contribution < 1.29 is 13.9 Å². The second-order valence-corrected chi connectivity index (χ2v) is 9.11. The van der Waals surface area contributed by atoms with Gasteiger partial charge in [0.25, 0.3) is 5.91 Å². The molecule has 3 nitrogen and oxygen atoms in total. The number of hydrogen-bond acceptors (Lipinski definition) is 4. The minimum atomic E-state index is -0.370. The Balaban J connectivity index is 1.45. The third kappa shape index (κ3) is 5.10. The standard InChI is InChI=1S/C23H14Cl2FNO2S2/c24-16-4-3-15(20(25)12-16)13-29-19-9-1-14(2-10-19)11-21-22(28)27(23(30)31-21)18-7-5-17(26)6-8-18/h1-12H,13H2/b21-11+. The van der Waals surface area contributed by atoms with E-state index in [0.717, 1.165) is 11.1 Å². The van der Waals surface area contributed by atoms with Crippen molar-refractivity contribution >= 4 is 69.2 Å². The van der Waals surface area contributed by atoms with Crippen molar-refractivity contribution in [2.75, 3.05) is 4.90 Å². The number of halogens is 3. The Labute approximate surface area is 198 Å². The van der Waals surface area contributed by atoms with Gasteiger partial charge < -0.3 is 4.74 Å². The lowest BCUT2D eigenvalue weighted by molar-refractivity contribution is -0.113. The van der Waals surface area contributed by atoms with Crippen LogP contribution >= 0.6 is 47.2 Å². The quantitative estimate of drug-likeness (QED) is 0.282. The fraction of sp³-hybridized carbons (Fsp3) is 0.0435. The van der Waals surface area contributed by atoms with E-state index in [1.165, 1.54) is 40.9 Å². The van der Waals surface area contributed by atoms with Gasteiger partial charge in [0.05, 0.1) is 10.6 Å². The summed E-state index contributed by atoms with van der Waals surface area (Å²) >= 11 is 18.6. The van der Waals surface area contributed by atoms with Crippen LogP contribution < -0.4 is 9.64 Å². The average molecular weight is 490 g/mol. The van der Waals surface area contributed by atoms with Crippen molar-refractivity contribution in [3.05, 3.63) is 98.6 Å². The van der Waals surface area contributed by atoms with Crippen LogP contribution in [0.5, 0.6) is 5.75 Å². The summed E-state index contributed by atoms with van der Waals surface area (Å²) in [7, 11) is 0. The molecule has 0 radical (unpaired) electrons. The molecule has 31 heavy (non-hydrogen) atoms. The molecule has 0 spiro atoms. The van der Waals surface area contributed by atoms with E-state index in [4.69, 9.17) is 40.2 Å². The highest BCUT2D eigenvalue weighted by Crippen LogP contribution is 2.36. The van der Waals surface area contributed by atoms with E-state index in [1.807, 2.05) is 30.3 Å². The molecule has 1 fully saturated rings. The lowest BCUT2D eigenvalue weighted by Gasteiger charge is -2.14. The van der Waals surface area contributed by atoms with E-state index in [1.54, 1.807) is 18.2 Å². The van der Waals surface area contributed by atoms with E-state index in [2.05, 4.69) is 0 Å². The van der Waals surface area contributed by atoms with Crippen LogP contribution in [-0.2, 0) is 11.4 Å². The lowest BCUT2D eigenvalue weighted by atomic mass is 10.2. The number of thioether (sulfide) groups is 1. The molecule has 156 valence electrons. The van der Waals surface area contributed by atoms with Crippen molar-refractivity contribution in [2.24, 2.45) is 0 Å². The first-order valence-electron chi connectivity index (χ1n) is 9.11. The summed E-state index contributed by atoms with van der Waals surface area (Å²) in [6.07, 6.45) is 1.77. The maximum absolute atomic E-state index is 13.2. The average Bonchev–Trinajstić information content (AvgIpc) is 3.02. The molecule has 1 heterocycles. The second-order valence-electron chi connectivity index (χ2n) is 6.59. The third-order valence-electron chi connectivity index (χ3n) is 4.47. The molecule has 3 aromatic carbocycles. The van der Waals surface area contributed by atoms with E-state index in [0.29, 0.717) is 37.3 Å².